The van der Waals surface area contributed by atoms with Crippen molar-refractivity contribution in [1.82, 2.24) is 0 Å². The molecule has 0 bridgehead atoms. The molecule has 0 heterocycles. The minimum absolute atomic E-state index is 0.0554. The number of carbonyl (C=O) groups excluding carboxylic acids is 1. The second-order valence-corrected chi connectivity index (χ2v) is 4.76. The minimum atomic E-state index is -0.195. The third-order valence-corrected chi connectivity index (χ3v) is 3.49. The molecule has 2 rings (SSSR count). The van der Waals surface area contributed by atoms with E-state index in [-0.39, 0.29) is 24.6 Å². The molecule has 0 radical (unpaired) electrons. The van der Waals surface area contributed by atoms with Gasteiger partial charge in [-0.25, -0.2) is 0 Å². The van der Waals surface area contributed by atoms with Gasteiger partial charge in [-0.3, -0.25) is 4.79 Å². The van der Waals surface area contributed by atoms with Gasteiger partial charge in [0, 0.05) is 7.11 Å². The van der Waals surface area contributed by atoms with Crippen molar-refractivity contribution in [3.8, 4) is 5.75 Å². The number of ether oxygens (including phenoxy) is 3. The molecule has 0 amide bonds. The Labute approximate surface area is 113 Å². The maximum atomic E-state index is 11.9. The molecule has 0 aromatic heterocycles. The van der Waals surface area contributed by atoms with Crippen molar-refractivity contribution in [2.45, 2.75) is 37.9 Å². The van der Waals surface area contributed by atoms with Gasteiger partial charge in [-0.2, -0.15) is 0 Å². The van der Waals surface area contributed by atoms with Crippen LogP contribution in [0.5, 0.6) is 5.75 Å². The van der Waals surface area contributed by atoms with Crippen molar-refractivity contribution in [3.63, 3.8) is 0 Å². The van der Waals surface area contributed by atoms with Crippen LogP contribution < -0.4 is 4.74 Å². The molecule has 1 saturated carbocycles. The molecule has 1 aromatic rings. The molecule has 104 valence electrons. The smallest absolute Gasteiger partial charge is 0.310 e. The van der Waals surface area contributed by atoms with E-state index < -0.39 is 0 Å². The van der Waals surface area contributed by atoms with Gasteiger partial charge in [0.05, 0.1) is 19.6 Å². The Morgan fingerprint density at radius 1 is 1.16 bits per heavy atom. The Morgan fingerprint density at radius 2 is 1.84 bits per heavy atom. The Bertz CT molecular complexity index is 413. The number of hydrogen-bond donors (Lipinski definition) is 0. The normalized spacial score (nSPS) is 22.2. The zero-order valence-electron chi connectivity index (χ0n) is 11.4. The highest BCUT2D eigenvalue weighted by atomic mass is 16.6. The summed E-state index contributed by atoms with van der Waals surface area (Å²) in [6, 6.07) is 7.44. The largest absolute Gasteiger partial charge is 0.497 e. The van der Waals surface area contributed by atoms with E-state index in [1.165, 1.54) is 0 Å². The van der Waals surface area contributed by atoms with Gasteiger partial charge in [-0.05, 0) is 37.0 Å². The summed E-state index contributed by atoms with van der Waals surface area (Å²) < 4.78 is 15.9. The van der Waals surface area contributed by atoms with Gasteiger partial charge in [0.2, 0.25) is 0 Å². The molecule has 1 aromatic carbocycles. The van der Waals surface area contributed by atoms with Crippen LogP contribution in [0.1, 0.15) is 24.8 Å². The monoisotopic (exact) mass is 264 g/mol. The Hall–Kier alpha value is -1.55. The molecule has 0 spiro atoms. The van der Waals surface area contributed by atoms with Crippen LogP contribution in [0.2, 0.25) is 0 Å². The third kappa shape index (κ3) is 3.70. The van der Waals surface area contributed by atoms with Crippen LogP contribution in [0.15, 0.2) is 24.3 Å². The fourth-order valence-corrected chi connectivity index (χ4v) is 2.42. The number of carbonyl (C=O) groups is 1. The van der Waals surface area contributed by atoms with Gasteiger partial charge in [0.25, 0.3) is 0 Å². The van der Waals surface area contributed by atoms with E-state index in [0.29, 0.717) is 0 Å². The Kier molecular flexibility index (Phi) is 4.80. The van der Waals surface area contributed by atoms with Crippen LogP contribution in [0, 0.1) is 0 Å². The van der Waals surface area contributed by atoms with Crippen molar-refractivity contribution in [1.29, 1.82) is 0 Å². The summed E-state index contributed by atoms with van der Waals surface area (Å²) in [5.41, 5.74) is 0.928. The molecule has 4 nitrogen and oxygen atoms in total. The first-order valence-electron chi connectivity index (χ1n) is 6.58. The molecular formula is C15H20O4. The topological polar surface area (TPSA) is 44.8 Å². The number of rotatable bonds is 5. The first kappa shape index (κ1) is 13.9. The molecule has 2 atom stereocenters. The Morgan fingerprint density at radius 3 is 2.47 bits per heavy atom. The summed E-state index contributed by atoms with van der Waals surface area (Å²) in [5, 5.41) is 0. The second kappa shape index (κ2) is 6.57. The van der Waals surface area contributed by atoms with Crippen molar-refractivity contribution in [3.05, 3.63) is 29.8 Å². The molecule has 1 fully saturated rings. The number of benzene rings is 1. The number of hydrogen-bond acceptors (Lipinski definition) is 4. The van der Waals surface area contributed by atoms with E-state index in [9.17, 15) is 4.79 Å². The first-order chi connectivity index (χ1) is 9.22. The summed E-state index contributed by atoms with van der Waals surface area (Å²) in [6.07, 6.45) is 3.18. The van der Waals surface area contributed by atoms with E-state index >= 15 is 0 Å². The molecule has 0 unspecified atom stereocenters. The van der Waals surface area contributed by atoms with Gasteiger partial charge >= 0.3 is 5.97 Å². The molecule has 0 aliphatic heterocycles. The van der Waals surface area contributed by atoms with Crippen LogP contribution in [0.3, 0.4) is 0 Å². The van der Waals surface area contributed by atoms with Crippen LogP contribution in [-0.2, 0) is 20.7 Å². The third-order valence-electron chi connectivity index (χ3n) is 3.49. The molecular weight excluding hydrogens is 244 g/mol. The lowest BCUT2D eigenvalue weighted by Crippen LogP contribution is -2.28. The lowest BCUT2D eigenvalue weighted by Gasteiger charge is -2.18. The highest BCUT2D eigenvalue weighted by molar-refractivity contribution is 5.72. The first-order valence-corrected chi connectivity index (χ1v) is 6.58. The predicted octanol–water partition coefficient (Wildman–Crippen LogP) is 2.35. The standard InChI is InChI=1S/C15H20O4/c1-17-12-8-6-11(7-9-12)10-15(16)19-14-5-3-4-13(14)18-2/h6-9,13-14H,3-5,10H2,1-2H3/t13-,14-/m1/s1. The lowest BCUT2D eigenvalue weighted by molar-refractivity contribution is -0.153. The van der Waals surface area contributed by atoms with Gasteiger partial charge in [0.1, 0.15) is 11.9 Å². The van der Waals surface area contributed by atoms with E-state index in [1.54, 1.807) is 14.2 Å². The second-order valence-electron chi connectivity index (χ2n) is 4.76. The molecule has 1 aliphatic rings. The van der Waals surface area contributed by atoms with Gasteiger partial charge in [0.15, 0.2) is 0 Å². The predicted molar refractivity (Wildman–Crippen MR) is 71.2 cm³/mol. The van der Waals surface area contributed by atoms with Crippen molar-refractivity contribution in [2.24, 2.45) is 0 Å². The van der Waals surface area contributed by atoms with Crippen LogP contribution in [0.25, 0.3) is 0 Å². The van der Waals surface area contributed by atoms with E-state index in [1.807, 2.05) is 24.3 Å². The molecule has 0 saturated heterocycles. The zero-order valence-corrected chi connectivity index (χ0v) is 11.4. The van der Waals surface area contributed by atoms with Gasteiger partial charge < -0.3 is 14.2 Å². The summed E-state index contributed by atoms with van der Waals surface area (Å²) >= 11 is 0. The average Bonchev–Trinajstić information content (AvgIpc) is 2.86. The van der Waals surface area contributed by atoms with Crippen LogP contribution in [0.4, 0.5) is 0 Å². The molecule has 19 heavy (non-hydrogen) atoms. The molecule has 4 heteroatoms. The minimum Gasteiger partial charge on any atom is -0.497 e. The highest BCUT2D eigenvalue weighted by Crippen LogP contribution is 2.24. The quantitative estimate of drug-likeness (QED) is 0.766. The van der Waals surface area contributed by atoms with E-state index in [2.05, 4.69) is 0 Å². The van der Waals surface area contributed by atoms with E-state index in [4.69, 9.17) is 14.2 Å². The van der Waals surface area contributed by atoms with E-state index in [0.717, 1.165) is 30.6 Å². The fourth-order valence-electron chi connectivity index (χ4n) is 2.42. The maximum Gasteiger partial charge on any atom is 0.310 e. The van der Waals surface area contributed by atoms with Crippen LogP contribution in [-0.4, -0.2) is 32.4 Å². The summed E-state index contributed by atoms with van der Waals surface area (Å²) in [4.78, 5) is 11.9. The van der Waals surface area contributed by atoms with Crippen molar-refractivity contribution < 1.29 is 19.0 Å². The Balaban J connectivity index is 1.86. The summed E-state index contributed by atoms with van der Waals surface area (Å²) in [5.74, 6) is 0.589. The zero-order chi connectivity index (χ0) is 13.7. The number of methoxy groups -OCH3 is 2. The van der Waals surface area contributed by atoms with Crippen molar-refractivity contribution in [2.75, 3.05) is 14.2 Å². The average molecular weight is 264 g/mol. The molecule has 1 aliphatic carbocycles. The van der Waals surface area contributed by atoms with Gasteiger partial charge in [-0.15, -0.1) is 0 Å². The maximum absolute atomic E-state index is 11.9. The molecule has 0 N–H and O–H groups in total. The number of esters is 1. The van der Waals surface area contributed by atoms with Crippen molar-refractivity contribution >= 4 is 5.97 Å². The summed E-state index contributed by atoms with van der Waals surface area (Å²) in [7, 11) is 3.29. The SMILES string of the molecule is COc1ccc(CC(=O)O[C@@H]2CCC[C@H]2OC)cc1. The fraction of sp³-hybridized carbons (Fsp3) is 0.533. The lowest BCUT2D eigenvalue weighted by atomic mass is 10.1. The van der Waals surface area contributed by atoms with Crippen LogP contribution >= 0.6 is 0 Å². The van der Waals surface area contributed by atoms with Gasteiger partial charge in [-0.1, -0.05) is 12.1 Å². The highest BCUT2D eigenvalue weighted by Gasteiger charge is 2.30. The summed E-state index contributed by atoms with van der Waals surface area (Å²) in [6.45, 7) is 0.